The molecule has 0 aliphatic heterocycles. The molecule has 0 fully saturated rings. The number of nitrogens with zero attached hydrogens (tertiary/aromatic N) is 2. The largest absolute Gasteiger partial charge is 0.352 e. The van der Waals surface area contributed by atoms with Crippen LogP contribution in [0.15, 0.2) is 12.4 Å². The zero-order valence-electron chi connectivity index (χ0n) is 11.7. The van der Waals surface area contributed by atoms with Gasteiger partial charge in [-0.3, -0.25) is 9.48 Å². The molecule has 1 atom stereocenters. The van der Waals surface area contributed by atoms with Crippen LogP contribution in [0.5, 0.6) is 0 Å². The number of carbonyl (C=O) groups excluding carboxylic acids is 1. The molecule has 18 heavy (non-hydrogen) atoms. The van der Waals surface area contributed by atoms with E-state index in [1.165, 1.54) is 5.56 Å². The lowest BCUT2D eigenvalue weighted by atomic mass is 10.1. The molecule has 0 bridgehead atoms. The van der Waals surface area contributed by atoms with Crippen LogP contribution >= 0.6 is 0 Å². The molecule has 1 aromatic heterocycles. The van der Waals surface area contributed by atoms with Crippen LogP contribution in [-0.2, 0) is 18.3 Å². The van der Waals surface area contributed by atoms with Gasteiger partial charge in [-0.15, -0.1) is 0 Å². The van der Waals surface area contributed by atoms with Gasteiger partial charge in [-0.1, -0.05) is 13.8 Å². The highest BCUT2D eigenvalue weighted by Crippen LogP contribution is 1.99. The van der Waals surface area contributed by atoms with Gasteiger partial charge >= 0.3 is 0 Å². The number of aromatic nitrogens is 2. The van der Waals surface area contributed by atoms with Crippen molar-refractivity contribution in [1.29, 1.82) is 0 Å². The first-order valence-electron chi connectivity index (χ1n) is 6.46. The number of hydrogen-bond donors (Lipinski definition) is 2. The Bertz CT molecular complexity index is 373. The van der Waals surface area contributed by atoms with Gasteiger partial charge in [0.25, 0.3) is 0 Å². The Kier molecular flexibility index (Phi) is 5.85. The summed E-state index contributed by atoms with van der Waals surface area (Å²) < 4.78 is 1.78. The van der Waals surface area contributed by atoms with Crippen LogP contribution in [0.25, 0.3) is 0 Å². The fourth-order valence-corrected chi connectivity index (χ4v) is 1.51. The maximum absolute atomic E-state index is 11.6. The SMILES string of the molecule is CC(C)C(C)NC(=O)CNCCc1cnn(C)c1. The Labute approximate surface area is 109 Å². The molecule has 0 radical (unpaired) electrons. The van der Waals surface area contributed by atoms with Crippen molar-refractivity contribution in [3.63, 3.8) is 0 Å². The molecule has 0 spiro atoms. The van der Waals surface area contributed by atoms with Crippen LogP contribution in [0.4, 0.5) is 0 Å². The maximum Gasteiger partial charge on any atom is 0.234 e. The molecular formula is C13H24N4O. The van der Waals surface area contributed by atoms with Gasteiger partial charge in [0.2, 0.25) is 5.91 Å². The van der Waals surface area contributed by atoms with Crippen LogP contribution in [0.2, 0.25) is 0 Å². The summed E-state index contributed by atoms with van der Waals surface area (Å²) >= 11 is 0. The molecule has 1 aromatic rings. The van der Waals surface area contributed by atoms with Crippen molar-refractivity contribution in [3.05, 3.63) is 18.0 Å². The first-order valence-corrected chi connectivity index (χ1v) is 6.46. The molecule has 1 amide bonds. The molecule has 5 heteroatoms. The van der Waals surface area contributed by atoms with Crippen molar-refractivity contribution in [3.8, 4) is 0 Å². The van der Waals surface area contributed by atoms with E-state index >= 15 is 0 Å². The highest BCUT2D eigenvalue weighted by molar-refractivity contribution is 5.78. The number of aryl methyl sites for hydroxylation is 1. The van der Waals surface area contributed by atoms with Gasteiger partial charge < -0.3 is 10.6 Å². The molecular weight excluding hydrogens is 228 g/mol. The zero-order chi connectivity index (χ0) is 13.5. The molecule has 102 valence electrons. The maximum atomic E-state index is 11.6. The van der Waals surface area contributed by atoms with Gasteiger partial charge in [0.15, 0.2) is 0 Å². The van der Waals surface area contributed by atoms with Gasteiger partial charge in [0.1, 0.15) is 0 Å². The van der Waals surface area contributed by atoms with E-state index in [0.29, 0.717) is 12.5 Å². The topological polar surface area (TPSA) is 59.0 Å². The summed E-state index contributed by atoms with van der Waals surface area (Å²) in [5, 5.41) is 10.2. The number of rotatable bonds is 7. The summed E-state index contributed by atoms with van der Waals surface area (Å²) in [7, 11) is 1.90. The number of hydrogen-bond acceptors (Lipinski definition) is 3. The molecule has 1 heterocycles. The van der Waals surface area contributed by atoms with Crippen LogP contribution in [0.3, 0.4) is 0 Å². The highest BCUT2D eigenvalue weighted by Gasteiger charge is 2.09. The number of nitrogens with one attached hydrogen (secondary N) is 2. The number of amides is 1. The first kappa shape index (κ1) is 14.7. The van der Waals surface area contributed by atoms with Crippen LogP contribution in [-0.4, -0.2) is 34.8 Å². The molecule has 0 aliphatic carbocycles. The second-order valence-corrected chi connectivity index (χ2v) is 5.05. The van der Waals surface area contributed by atoms with E-state index in [4.69, 9.17) is 0 Å². The van der Waals surface area contributed by atoms with Crippen LogP contribution in [0, 0.1) is 5.92 Å². The van der Waals surface area contributed by atoms with E-state index in [-0.39, 0.29) is 11.9 Å². The molecule has 5 nitrogen and oxygen atoms in total. The average Bonchev–Trinajstić information content (AvgIpc) is 2.70. The summed E-state index contributed by atoms with van der Waals surface area (Å²) in [5.41, 5.74) is 1.18. The summed E-state index contributed by atoms with van der Waals surface area (Å²) in [4.78, 5) is 11.6. The predicted molar refractivity (Wildman–Crippen MR) is 72.2 cm³/mol. The Hall–Kier alpha value is -1.36. The summed E-state index contributed by atoms with van der Waals surface area (Å²) in [6, 6.07) is 0.220. The average molecular weight is 252 g/mol. The second-order valence-electron chi connectivity index (χ2n) is 5.05. The fraction of sp³-hybridized carbons (Fsp3) is 0.692. The molecule has 0 aromatic carbocycles. The Morgan fingerprint density at radius 3 is 2.72 bits per heavy atom. The summed E-state index contributed by atoms with van der Waals surface area (Å²) in [6.07, 6.45) is 4.73. The lowest BCUT2D eigenvalue weighted by Crippen LogP contribution is -2.41. The van der Waals surface area contributed by atoms with E-state index in [0.717, 1.165) is 13.0 Å². The van der Waals surface area contributed by atoms with E-state index in [1.807, 2.05) is 26.4 Å². The lowest BCUT2D eigenvalue weighted by molar-refractivity contribution is -0.121. The highest BCUT2D eigenvalue weighted by atomic mass is 16.1. The fourth-order valence-electron chi connectivity index (χ4n) is 1.51. The third-order valence-electron chi connectivity index (χ3n) is 3.02. The standard InChI is InChI=1S/C13H24N4O/c1-10(2)11(3)16-13(18)8-14-6-5-12-7-15-17(4)9-12/h7,9-11,14H,5-6,8H2,1-4H3,(H,16,18). The van der Waals surface area contributed by atoms with Crippen LogP contribution in [0.1, 0.15) is 26.3 Å². The summed E-state index contributed by atoms with van der Waals surface area (Å²) in [5.74, 6) is 0.520. The van der Waals surface area contributed by atoms with Crippen molar-refractivity contribution >= 4 is 5.91 Å². The third kappa shape index (κ3) is 5.31. The Morgan fingerprint density at radius 2 is 2.17 bits per heavy atom. The van der Waals surface area contributed by atoms with Crippen molar-refractivity contribution in [2.75, 3.05) is 13.1 Å². The number of carbonyl (C=O) groups is 1. The van der Waals surface area contributed by atoms with Crippen molar-refractivity contribution in [2.45, 2.75) is 33.2 Å². The molecule has 1 unspecified atom stereocenters. The summed E-state index contributed by atoms with van der Waals surface area (Å²) in [6.45, 7) is 7.38. The van der Waals surface area contributed by atoms with E-state index in [1.54, 1.807) is 4.68 Å². The van der Waals surface area contributed by atoms with Gasteiger partial charge in [-0.05, 0) is 31.4 Å². The van der Waals surface area contributed by atoms with Crippen molar-refractivity contribution in [2.24, 2.45) is 13.0 Å². The van der Waals surface area contributed by atoms with E-state index in [9.17, 15) is 4.79 Å². The Balaban J connectivity index is 2.12. The van der Waals surface area contributed by atoms with Gasteiger partial charge in [-0.25, -0.2) is 0 Å². The minimum Gasteiger partial charge on any atom is -0.352 e. The molecule has 2 N–H and O–H groups in total. The smallest absolute Gasteiger partial charge is 0.234 e. The second kappa shape index (κ2) is 7.16. The van der Waals surface area contributed by atoms with Crippen molar-refractivity contribution < 1.29 is 4.79 Å². The van der Waals surface area contributed by atoms with Crippen LogP contribution < -0.4 is 10.6 Å². The zero-order valence-corrected chi connectivity index (χ0v) is 11.7. The molecule has 1 rings (SSSR count). The Morgan fingerprint density at radius 1 is 1.44 bits per heavy atom. The minimum atomic E-state index is 0.0578. The minimum absolute atomic E-state index is 0.0578. The monoisotopic (exact) mass is 252 g/mol. The third-order valence-corrected chi connectivity index (χ3v) is 3.02. The normalized spacial score (nSPS) is 12.7. The quantitative estimate of drug-likeness (QED) is 0.703. The van der Waals surface area contributed by atoms with Gasteiger partial charge in [0, 0.05) is 19.3 Å². The predicted octanol–water partition coefficient (Wildman–Crippen LogP) is 0.713. The van der Waals surface area contributed by atoms with Gasteiger partial charge in [-0.2, -0.15) is 5.10 Å². The molecule has 0 saturated heterocycles. The molecule has 0 saturated carbocycles. The lowest BCUT2D eigenvalue weighted by Gasteiger charge is -2.17. The van der Waals surface area contributed by atoms with Gasteiger partial charge in [0.05, 0.1) is 12.7 Å². The van der Waals surface area contributed by atoms with E-state index in [2.05, 4.69) is 29.6 Å². The molecule has 0 aliphatic rings. The van der Waals surface area contributed by atoms with E-state index < -0.39 is 0 Å². The van der Waals surface area contributed by atoms with Crippen molar-refractivity contribution in [1.82, 2.24) is 20.4 Å². The first-order chi connectivity index (χ1) is 8.49.